The van der Waals surface area contributed by atoms with E-state index in [0.717, 1.165) is 11.6 Å². The first kappa shape index (κ1) is 15.1. The molecule has 0 spiro atoms. The summed E-state index contributed by atoms with van der Waals surface area (Å²) in [7, 11) is 5.82. The number of hydrogen-bond donors (Lipinski definition) is 1. The van der Waals surface area contributed by atoms with Crippen LogP contribution in [0.1, 0.15) is 5.69 Å². The summed E-state index contributed by atoms with van der Waals surface area (Å²) in [6, 6.07) is 2.66. The third-order valence-electron chi connectivity index (χ3n) is 2.91. The van der Waals surface area contributed by atoms with Gasteiger partial charge in [-0.2, -0.15) is 0 Å². The lowest BCUT2D eigenvalue weighted by Crippen LogP contribution is -2.15. The van der Waals surface area contributed by atoms with E-state index in [4.69, 9.17) is 11.6 Å². The highest BCUT2D eigenvalue weighted by Crippen LogP contribution is 2.32. The average Bonchev–Trinajstić information content (AvgIpc) is 2.69. The SMILES string of the molecule is CN(C)c1ncc(CNc2c(Cl)cc(F)cc2Br)n1C. The van der Waals surface area contributed by atoms with Gasteiger partial charge in [-0.05, 0) is 28.1 Å². The fraction of sp³-hybridized carbons (Fsp3) is 0.308. The van der Waals surface area contributed by atoms with E-state index < -0.39 is 0 Å². The Morgan fingerprint density at radius 3 is 2.70 bits per heavy atom. The number of benzene rings is 1. The zero-order valence-corrected chi connectivity index (χ0v) is 13.8. The Morgan fingerprint density at radius 2 is 2.15 bits per heavy atom. The summed E-state index contributed by atoms with van der Waals surface area (Å²) in [5, 5.41) is 3.53. The second-order valence-electron chi connectivity index (χ2n) is 4.60. The largest absolute Gasteiger partial charge is 0.377 e. The zero-order chi connectivity index (χ0) is 14.9. The lowest BCUT2D eigenvalue weighted by atomic mass is 10.3. The van der Waals surface area contributed by atoms with Crippen molar-refractivity contribution in [3.05, 3.63) is 39.3 Å². The first-order valence-electron chi connectivity index (χ1n) is 5.96. The van der Waals surface area contributed by atoms with Gasteiger partial charge in [0.1, 0.15) is 5.82 Å². The van der Waals surface area contributed by atoms with E-state index in [0.29, 0.717) is 21.7 Å². The molecule has 7 heteroatoms. The van der Waals surface area contributed by atoms with Gasteiger partial charge in [0.15, 0.2) is 0 Å². The number of imidazole rings is 1. The third kappa shape index (κ3) is 3.07. The molecule has 1 aromatic heterocycles. The van der Waals surface area contributed by atoms with Gasteiger partial charge < -0.3 is 14.8 Å². The highest BCUT2D eigenvalue weighted by atomic mass is 79.9. The number of aromatic nitrogens is 2. The average molecular weight is 362 g/mol. The van der Waals surface area contributed by atoms with E-state index in [1.165, 1.54) is 12.1 Å². The number of halogens is 3. The summed E-state index contributed by atoms with van der Waals surface area (Å²) < 4.78 is 15.7. The smallest absolute Gasteiger partial charge is 0.204 e. The van der Waals surface area contributed by atoms with Crippen LogP contribution in [-0.2, 0) is 13.6 Å². The normalized spacial score (nSPS) is 10.7. The van der Waals surface area contributed by atoms with Crippen molar-refractivity contribution in [2.75, 3.05) is 24.3 Å². The first-order valence-corrected chi connectivity index (χ1v) is 7.13. The molecule has 4 nitrogen and oxygen atoms in total. The summed E-state index contributed by atoms with van der Waals surface area (Å²) in [4.78, 5) is 6.27. The van der Waals surface area contributed by atoms with Crippen LogP contribution in [0.15, 0.2) is 22.8 Å². The first-order chi connectivity index (χ1) is 9.40. The number of anilines is 2. The molecule has 1 heterocycles. The molecule has 1 aromatic carbocycles. The summed E-state index contributed by atoms with van der Waals surface area (Å²) in [5.74, 6) is 0.494. The van der Waals surface area contributed by atoms with E-state index in [9.17, 15) is 4.39 Å². The Morgan fingerprint density at radius 1 is 1.45 bits per heavy atom. The summed E-state index contributed by atoms with van der Waals surface area (Å²) >= 11 is 9.33. The minimum atomic E-state index is -0.372. The fourth-order valence-electron chi connectivity index (χ4n) is 1.90. The molecule has 0 radical (unpaired) electrons. The molecule has 0 aliphatic carbocycles. The molecule has 0 unspecified atom stereocenters. The van der Waals surface area contributed by atoms with Crippen molar-refractivity contribution >= 4 is 39.2 Å². The van der Waals surface area contributed by atoms with E-state index in [1.54, 1.807) is 6.20 Å². The van der Waals surface area contributed by atoms with Crippen molar-refractivity contribution < 1.29 is 4.39 Å². The topological polar surface area (TPSA) is 33.1 Å². The zero-order valence-electron chi connectivity index (χ0n) is 11.4. The van der Waals surface area contributed by atoms with Gasteiger partial charge >= 0.3 is 0 Å². The Balaban J connectivity index is 2.17. The Bertz CT molecular complexity index is 604. The maximum absolute atomic E-state index is 13.2. The summed E-state index contributed by atoms with van der Waals surface area (Å²) in [5.41, 5.74) is 1.67. The number of nitrogens with zero attached hydrogens (tertiary/aromatic N) is 3. The molecule has 2 aromatic rings. The van der Waals surface area contributed by atoms with Gasteiger partial charge in [0.2, 0.25) is 5.95 Å². The molecule has 0 atom stereocenters. The predicted molar refractivity (Wildman–Crippen MR) is 84.0 cm³/mol. The standard InChI is InChI=1S/C13H15BrClFN4/c1-19(2)13-18-7-9(20(13)3)6-17-12-10(14)4-8(16)5-11(12)15/h4-5,7,17H,6H2,1-3H3. The molecule has 0 saturated heterocycles. The van der Waals surface area contributed by atoms with Crippen molar-refractivity contribution in [2.24, 2.45) is 7.05 Å². The van der Waals surface area contributed by atoms with Gasteiger partial charge in [-0.15, -0.1) is 0 Å². The molecule has 0 aliphatic rings. The summed E-state index contributed by atoms with van der Waals surface area (Å²) in [6.07, 6.45) is 1.80. The number of nitrogens with one attached hydrogen (secondary N) is 1. The Labute approximate surface area is 130 Å². The van der Waals surface area contributed by atoms with Gasteiger partial charge in [0.25, 0.3) is 0 Å². The molecule has 0 saturated carbocycles. The molecule has 108 valence electrons. The predicted octanol–water partition coefficient (Wildman–Crippen LogP) is 3.65. The molecule has 0 amide bonds. The maximum atomic E-state index is 13.2. The quantitative estimate of drug-likeness (QED) is 0.902. The van der Waals surface area contributed by atoms with Gasteiger partial charge in [-0.25, -0.2) is 9.37 Å². The van der Waals surface area contributed by atoms with Crippen LogP contribution in [0.5, 0.6) is 0 Å². The number of hydrogen-bond acceptors (Lipinski definition) is 3. The van der Waals surface area contributed by atoms with E-state index in [-0.39, 0.29) is 5.82 Å². The van der Waals surface area contributed by atoms with Crippen LogP contribution in [0.3, 0.4) is 0 Å². The van der Waals surface area contributed by atoms with Crippen LogP contribution in [-0.4, -0.2) is 23.6 Å². The third-order valence-corrected chi connectivity index (χ3v) is 3.84. The highest BCUT2D eigenvalue weighted by molar-refractivity contribution is 9.10. The van der Waals surface area contributed by atoms with Crippen LogP contribution in [0, 0.1) is 5.82 Å². The van der Waals surface area contributed by atoms with Crippen LogP contribution >= 0.6 is 27.5 Å². The van der Waals surface area contributed by atoms with Crippen LogP contribution in [0.4, 0.5) is 16.0 Å². The summed E-state index contributed by atoms with van der Waals surface area (Å²) in [6.45, 7) is 0.543. The van der Waals surface area contributed by atoms with Crippen molar-refractivity contribution in [2.45, 2.75) is 6.54 Å². The molecule has 0 bridgehead atoms. The Kier molecular flexibility index (Phi) is 4.55. The molecule has 1 N–H and O–H groups in total. The minimum absolute atomic E-state index is 0.340. The number of rotatable bonds is 4. The molecule has 0 fully saturated rings. The van der Waals surface area contributed by atoms with Gasteiger partial charge in [-0.1, -0.05) is 11.6 Å². The van der Waals surface area contributed by atoms with E-state index >= 15 is 0 Å². The van der Waals surface area contributed by atoms with E-state index in [1.807, 2.05) is 30.6 Å². The second kappa shape index (κ2) is 6.01. The fourth-order valence-corrected chi connectivity index (χ4v) is 2.86. The van der Waals surface area contributed by atoms with Crippen LogP contribution in [0.2, 0.25) is 5.02 Å². The van der Waals surface area contributed by atoms with Crippen molar-refractivity contribution in [3.63, 3.8) is 0 Å². The lowest BCUT2D eigenvalue weighted by molar-refractivity contribution is 0.627. The lowest BCUT2D eigenvalue weighted by Gasteiger charge is -2.14. The van der Waals surface area contributed by atoms with Gasteiger partial charge in [-0.3, -0.25) is 0 Å². The van der Waals surface area contributed by atoms with Crippen LogP contribution in [0.25, 0.3) is 0 Å². The van der Waals surface area contributed by atoms with Gasteiger partial charge in [0, 0.05) is 25.6 Å². The monoisotopic (exact) mass is 360 g/mol. The highest BCUT2D eigenvalue weighted by Gasteiger charge is 2.11. The van der Waals surface area contributed by atoms with Crippen LogP contribution < -0.4 is 10.2 Å². The van der Waals surface area contributed by atoms with Crippen molar-refractivity contribution in [1.82, 2.24) is 9.55 Å². The molecule has 2 rings (SSSR count). The Hall–Kier alpha value is -1.27. The van der Waals surface area contributed by atoms with Crippen molar-refractivity contribution in [3.8, 4) is 0 Å². The second-order valence-corrected chi connectivity index (χ2v) is 5.86. The van der Waals surface area contributed by atoms with E-state index in [2.05, 4.69) is 26.2 Å². The van der Waals surface area contributed by atoms with Gasteiger partial charge in [0.05, 0.1) is 29.1 Å². The van der Waals surface area contributed by atoms with Crippen molar-refractivity contribution in [1.29, 1.82) is 0 Å². The molecule has 20 heavy (non-hydrogen) atoms. The maximum Gasteiger partial charge on any atom is 0.204 e. The minimum Gasteiger partial charge on any atom is -0.377 e. The molecule has 0 aliphatic heterocycles. The molecular formula is C13H15BrClFN4. The molecular weight excluding hydrogens is 347 g/mol.